The van der Waals surface area contributed by atoms with Gasteiger partial charge in [-0.15, -0.1) is 0 Å². The van der Waals surface area contributed by atoms with Crippen molar-refractivity contribution >= 4 is 33.0 Å². The first kappa shape index (κ1) is 5.80. The summed E-state index contributed by atoms with van der Waals surface area (Å²) >= 11 is 4.76. The van der Waals surface area contributed by atoms with Gasteiger partial charge in [-0.25, -0.2) is 4.85 Å². The lowest BCUT2D eigenvalue weighted by Gasteiger charge is -1.75. The first-order valence-electron chi connectivity index (χ1n) is 1.95. The van der Waals surface area contributed by atoms with E-state index in [0.717, 1.165) is 3.79 Å². The summed E-state index contributed by atoms with van der Waals surface area (Å²) in [7, 11) is 0. The van der Waals surface area contributed by atoms with Crippen LogP contribution in [0.5, 0.6) is 0 Å². The highest BCUT2D eigenvalue weighted by molar-refractivity contribution is 9.11. The molecule has 0 aliphatic rings. The van der Waals surface area contributed by atoms with Crippen molar-refractivity contribution in [3.05, 3.63) is 26.6 Å². The molecule has 0 aromatic carbocycles. The normalized spacial score (nSPS) is 8.50. The summed E-state index contributed by atoms with van der Waals surface area (Å²) in [5.41, 5.74) is 0.704. The molecule has 0 radical (unpaired) electrons. The second-order valence-corrected chi connectivity index (χ2v) is 3.43. The van der Waals surface area contributed by atoms with Gasteiger partial charge in [0.05, 0.1) is 10.4 Å². The summed E-state index contributed by atoms with van der Waals surface area (Å²) in [6, 6.07) is 1.79. The molecule has 0 unspecified atom stereocenters. The average Bonchev–Trinajstić information content (AvgIpc) is 2.14. The molecule has 1 aromatic heterocycles. The van der Waals surface area contributed by atoms with Gasteiger partial charge in [0.2, 0.25) is 5.69 Å². The predicted octanol–water partition coefficient (Wildman–Crippen LogP) is 3.06. The SMILES string of the molecule is [C-]#[N+]c1ccsc1Br. The lowest BCUT2D eigenvalue weighted by molar-refractivity contribution is 1.92. The maximum atomic E-state index is 6.60. The van der Waals surface area contributed by atoms with Crippen LogP contribution in [0.4, 0.5) is 5.69 Å². The van der Waals surface area contributed by atoms with Gasteiger partial charge in [-0.2, -0.15) is 11.3 Å². The Balaban J connectivity index is 3.15. The third-order valence-corrected chi connectivity index (χ3v) is 2.37. The van der Waals surface area contributed by atoms with Gasteiger partial charge in [-0.1, -0.05) is 15.9 Å². The van der Waals surface area contributed by atoms with Gasteiger partial charge in [-0.3, -0.25) is 0 Å². The molecular weight excluding hydrogens is 186 g/mol. The molecule has 0 aliphatic heterocycles. The van der Waals surface area contributed by atoms with Crippen LogP contribution in [0.15, 0.2) is 15.2 Å². The van der Waals surface area contributed by atoms with E-state index in [-0.39, 0.29) is 0 Å². The van der Waals surface area contributed by atoms with E-state index in [9.17, 15) is 0 Å². The highest BCUT2D eigenvalue weighted by Crippen LogP contribution is 2.30. The summed E-state index contributed by atoms with van der Waals surface area (Å²) in [5, 5.41) is 1.89. The second-order valence-electron chi connectivity index (χ2n) is 1.19. The lowest BCUT2D eigenvalue weighted by Crippen LogP contribution is -1.42. The summed E-state index contributed by atoms with van der Waals surface area (Å²) < 4.78 is 0.924. The van der Waals surface area contributed by atoms with Gasteiger partial charge in [0.15, 0.2) is 0 Å². The Labute approximate surface area is 59.9 Å². The Morgan fingerprint density at radius 1 is 1.75 bits per heavy atom. The second kappa shape index (κ2) is 2.29. The Bertz CT molecular complexity index is 223. The van der Waals surface area contributed by atoms with Crippen LogP contribution < -0.4 is 0 Å². The van der Waals surface area contributed by atoms with Gasteiger partial charge in [0.25, 0.3) is 0 Å². The van der Waals surface area contributed by atoms with Gasteiger partial charge in [-0.05, 0) is 11.4 Å². The number of thiophene rings is 1. The number of rotatable bonds is 0. The van der Waals surface area contributed by atoms with E-state index in [1.807, 2.05) is 5.38 Å². The van der Waals surface area contributed by atoms with Gasteiger partial charge >= 0.3 is 0 Å². The minimum atomic E-state index is 0.704. The maximum absolute atomic E-state index is 6.60. The molecule has 0 fully saturated rings. The summed E-state index contributed by atoms with van der Waals surface area (Å²) in [6.07, 6.45) is 0. The van der Waals surface area contributed by atoms with Crippen molar-refractivity contribution in [2.45, 2.75) is 0 Å². The van der Waals surface area contributed by atoms with E-state index in [4.69, 9.17) is 6.57 Å². The Hall–Kier alpha value is -0.330. The topological polar surface area (TPSA) is 4.36 Å². The fourth-order valence-electron chi connectivity index (χ4n) is 0.365. The molecule has 1 nitrogen and oxygen atoms in total. The van der Waals surface area contributed by atoms with Crippen LogP contribution in [0, 0.1) is 6.57 Å². The van der Waals surface area contributed by atoms with Crippen molar-refractivity contribution in [1.29, 1.82) is 0 Å². The first-order chi connectivity index (χ1) is 3.84. The van der Waals surface area contributed by atoms with Crippen molar-refractivity contribution in [3.63, 3.8) is 0 Å². The van der Waals surface area contributed by atoms with Crippen LogP contribution in [0.2, 0.25) is 0 Å². The molecule has 0 atom stereocenters. The van der Waals surface area contributed by atoms with Crippen LogP contribution in [-0.4, -0.2) is 0 Å². The molecular formula is C5H2BrNS. The van der Waals surface area contributed by atoms with E-state index in [1.54, 1.807) is 6.07 Å². The van der Waals surface area contributed by atoms with Crippen LogP contribution in [0.25, 0.3) is 4.85 Å². The Kier molecular flexibility index (Phi) is 1.66. The highest BCUT2D eigenvalue weighted by atomic mass is 79.9. The molecule has 40 valence electrons. The molecule has 1 aromatic rings. The third-order valence-electron chi connectivity index (χ3n) is 0.719. The molecule has 0 saturated heterocycles. The van der Waals surface area contributed by atoms with E-state index >= 15 is 0 Å². The number of halogens is 1. The molecule has 0 aliphatic carbocycles. The minimum Gasteiger partial charge on any atom is -0.236 e. The van der Waals surface area contributed by atoms with E-state index in [1.165, 1.54) is 11.3 Å². The summed E-state index contributed by atoms with van der Waals surface area (Å²) in [4.78, 5) is 3.24. The lowest BCUT2D eigenvalue weighted by atomic mass is 10.6. The fourth-order valence-corrected chi connectivity index (χ4v) is 1.46. The minimum absolute atomic E-state index is 0.704. The van der Waals surface area contributed by atoms with Gasteiger partial charge < -0.3 is 0 Å². The van der Waals surface area contributed by atoms with Crippen LogP contribution in [0.1, 0.15) is 0 Å². The molecule has 1 heterocycles. The standard InChI is InChI=1S/C5H2BrNS/c1-7-4-2-3-8-5(4)6/h2-3H. The zero-order valence-corrected chi connectivity index (χ0v) is 6.29. The van der Waals surface area contributed by atoms with E-state index in [2.05, 4.69) is 20.8 Å². The monoisotopic (exact) mass is 187 g/mol. The van der Waals surface area contributed by atoms with Crippen molar-refractivity contribution in [3.8, 4) is 0 Å². The Morgan fingerprint density at radius 2 is 2.50 bits per heavy atom. The van der Waals surface area contributed by atoms with Crippen LogP contribution >= 0.6 is 27.3 Å². The zero-order chi connectivity index (χ0) is 5.98. The molecule has 0 bridgehead atoms. The number of nitrogens with zero attached hydrogens (tertiary/aromatic N) is 1. The fraction of sp³-hybridized carbons (Fsp3) is 0. The van der Waals surface area contributed by atoms with Gasteiger partial charge in [0, 0.05) is 0 Å². The first-order valence-corrected chi connectivity index (χ1v) is 3.62. The molecule has 0 amide bonds. The molecule has 1 rings (SSSR count). The molecule has 0 N–H and O–H groups in total. The maximum Gasteiger partial charge on any atom is 0.211 e. The molecule has 0 spiro atoms. The number of hydrogen-bond donors (Lipinski definition) is 0. The van der Waals surface area contributed by atoms with E-state index < -0.39 is 0 Å². The highest BCUT2D eigenvalue weighted by Gasteiger charge is 1.95. The zero-order valence-electron chi connectivity index (χ0n) is 3.89. The summed E-state index contributed by atoms with van der Waals surface area (Å²) in [5.74, 6) is 0. The summed E-state index contributed by atoms with van der Waals surface area (Å²) in [6.45, 7) is 6.60. The van der Waals surface area contributed by atoms with Crippen molar-refractivity contribution < 1.29 is 0 Å². The van der Waals surface area contributed by atoms with Crippen molar-refractivity contribution in [2.75, 3.05) is 0 Å². The van der Waals surface area contributed by atoms with Gasteiger partial charge in [0.1, 0.15) is 0 Å². The Morgan fingerprint density at radius 3 is 2.75 bits per heavy atom. The smallest absolute Gasteiger partial charge is 0.211 e. The predicted molar refractivity (Wildman–Crippen MR) is 38.3 cm³/mol. The van der Waals surface area contributed by atoms with Crippen molar-refractivity contribution in [1.82, 2.24) is 0 Å². The quantitative estimate of drug-likeness (QED) is 0.551. The molecule has 0 saturated carbocycles. The average molecular weight is 188 g/mol. The van der Waals surface area contributed by atoms with Crippen LogP contribution in [-0.2, 0) is 0 Å². The molecule has 8 heavy (non-hydrogen) atoms. The molecule has 3 heteroatoms. The van der Waals surface area contributed by atoms with Crippen LogP contribution in [0.3, 0.4) is 0 Å². The largest absolute Gasteiger partial charge is 0.236 e. The van der Waals surface area contributed by atoms with E-state index in [0.29, 0.717) is 5.69 Å². The van der Waals surface area contributed by atoms with Crippen molar-refractivity contribution in [2.24, 2.45) is 0 Å². The number of hydrogen-bond acceptors (Lipinski definition) is 1. The third kappa shape index (κ3) is 0.908.